The number of carbonyl (C=O) groups is 2. The van der Waals surface area contributed by atoms with Crippen LogP contribution in [0.2, 0.25) is 0 Å². The zero-order valence-electron chi connectivity index (χ0n) is 9.46. The highest BCUT2D eigenvalue weighted by atomic mass is 16.4. The van der Waals surface area contributed by atoms with Crippen LogP contribution in [0.5, 0.6) is 0 Å². The van der Waals surface area contributed by atoms with Crippen molar-refractivity contribution in [2.24, 2.45) is 0 Å². The van der Waals surface area contributed by atoms with Crippen LogP contribution in [0.15, 0.2) is 30.3 Å². The van der Waals surface area contributed by atoms with Crippen molar-refractivity contribution in [2.75, 3.05) is 19.3 Å². The number of aliphatic carboxylic acids is 1. The Balaban J connectivity index is 2.61. The van der Waals surface area contributed by atoms with Crippen LogP contribution in [0.1, 0.15) is 5.56 Å². The molecule has 1 aromatic carbocycles. The monoisotopic (exact) mass is 234 g/mol. The van der Waals surface area contributed by atoms with Crippen LogP contribution in [0.25, 0.3) is 6.08 Å². The summed E-state index contributed by atoms with van der Waals surface area (Å²) in [5.74, 6) is -1.40. The van der Waals surface area contributed by atoms with Crippen molar-refractivity contribution in [3.05, 3.63) is 35.9 Å². The van der Waals surface area contributed by atoms with Crippen LogP contribution >= 0.6 is 0 Å². The zero-order valence-corrected chi connectivity index (χ0v) is 9.46. The Morgan fingerprint density at radius 3 is 2.47 bits per heavy atom. The second-order valence-electron chi connectivity index (χ2n) is 3.59. The second-order valence-corrected chi connectivity index (χ2v) is 3.59. The Hall–Kier alpha value is -2.30. The lowest BCUT2D eigenvalue weighted by molar-refractivity contribution is -0.141. The molecule has 0 heterocycles. The van der Waals surface area contributed by atoms with E-state index in [2.05, 4.69) is 0 Å². The highest BCUT2D eigenvalue weighted by Crippen LogP contribution is 2.07. The quantitative estimate of drug-likeness (QED) is 0.597. The van der Waals surface area contributed by atoms with Crippen molar-refractivity contribution in [3.63, 3.8) is 0 Å². The summed E-state index contributed by atoms with van der Waals surface area (Å²) in [6, 6.07) is 7.00. The Morgan fingerprint density at radius 1 is 1.35 bits per heavy atom. The van der Waals surface area contributed by atoms with Gasteiger partial charge in [0.05, 0.1) is 0 Å². The number of nitrogens with two attached hydrogens (primary N) is 1. The minimum Gasteiger partial charge on any atom is -0.480 e. The van der Waals surface area contributed by atoms with E-state index in [9.17, 15) is 9.59 Å². The van der Waals surface area contributed by atoms with E-state index in [0.717, 1.165) is 10.5 Å². The molecule has 5 nitrogen and oxygen atoms in total. The maximum absolute atomic E-state index is 11.5. The van der Waals surface area contributed by atoms with Crippen molar-refractivity contribution in [2.45, 2.75) is 0 Å². The van der Waals surface area contributed by atoms with Crippen molar-refractivity contribution >= 4 is 23.6 Å². The number of nitrogen functional groups attached to an aromatic ring is 1. The van der Waals surface area contributed by atoms with Gasteiger partial charge in [0.2, 0.25) is 5.91 Å². The molecule has 0 bridgehead atoms. The maximum atomic E-state index is 11.5. The number of hydrogen-bond donors (Lipinski definition) is 2. The molecule has 0 unspecified atom stereocenters. The fourth-order valence-corrected chi connectivity index (χ4v) is 1.18. The Labute approximate surface area is 99.1 Å². The lowest BCUT2D eigenvalue weighted by Crippen LogP contribution is -2.30. The molecular weight excluding hydrogens is 220 g/mol. The number of hydrogen-bond acceptors (Lipinski definition) is 3. The van der Waals surface area contributed by atoms with Gasteiger partial charge >= 0.3 is 5.97 Å². The van der Waals surface area contributed by atoms with Gasteiger partial charge in [0.25, 0.3) is 0 Å². The molecule has 0 saturated heterocycles. The molecule has 17 heavy (non-hydrogen) atoms. The summed E-state index contributed by atoms with van der Waals surface area (Å²) in [6.07, 6.45) is 2.94. The van der Waals surface area contributed by atoms with Gasteiger partial charge in [0.1, 0.15) is 6.54 Å². The molecule has 0 spiro atoms. The van der Waals surface area contributed by atoms with Crippen LogP contribution < -0.4 is 5.73 Å². The first-order valence-electron chi connectivity index (χ1n) is 4.99. The van der Waals surface area contributed by atoms with Crippen molar-refractivity contribution in [1.82, 2.24) is 4.90 Å². The Bertz CT molecular complexity index is 438. The number of rotatable bonds is 4. The van der Waals surface area contributed by atoms with Crippen LogP contribution in [0.3, 0.4) is 0 Å². The highest BCUT2D eigenvalue weighted by molar-refractivity contribution is 5.93. The third-order valence-electron chi connectivity index (χ3n) is 2.10. The zero-order chi connectivity index (χ0) is 12.8. The van der Waals surface area contributed by atoms with E-state index < -0.39 is 5.97 Å². The van der Waals surface area contributed by atoms with E-state index >= 15 is 0 Å². The molecule has 0 aliphatic rings. The predicted octanol–water partition coefficient (Wildman–Crippen LogP) is 0.825. The minimum atomic E-state index is -1.04. The van der Waals surface area contributed by atoms with Crippen LogP contribution in [0.4, 0.5) is 5.69 Å². The lowest BCUT2D eigenvalue weighted by atomic mass is 10.2. The number of likely N-dealkylation sites (N-methyl/N-ethyl adjacent to an activating group) is 1. The summed E-state index contributed by atoms with van der Waals surface area (Å²) >= 11 is 0. The number of anilines is 1. The fourth-order valence-electron chi connectivity index (χ4n) is 1.18. The van der Waals surface area contributed by atoms with E-state index in [0.29, 0.717) is 5.69 Å². The molecule has 0 fully saturated rings. The van der Waals surface area contributed by atoms with Crippen molar-refractivity contribution in [3.8, 4) is 0 Å². The second kappa shape index (κ2) is 5.69. The molecule has 1 amide bonds. The Kier molecular flexibility index (Phi) is 4.28. The largest absolute Gasteiger partial charge is 0.480 e. The maximum Gasteiger partial charge on any atom is 0.323 e. The number of nitrogens with zero attached hydrogens (tertiary/aromatic N) is 1. The van der Waals surface area contributed by atoms with Gasteiger partial charge < -0.3 is 15.7 Å². The third-order valence-corrected chi connectivity index (χ3v) is 2.10. The van der Waals surface area contributed by atoms with Gasteiger partial charge in [-0.1, -0.05) is 12.1 Å². The SMILES string of the molecule is CN(CC(=O)O)C(=O)/C=C/c1ccc(N)cc1. The number of amides is 1. The molecule has 0 atom stereocenters. The van der Waals surface area contributed by atoms with E-state index in [-0.39, 0.29) is 12.5 Å². The summed E-state index contributed by atoms with van der Waals surface area (Å²) in [5, 5.41) is 8.52. The molecule has 0 radical (unpaired) electrons. The molecule has 0 aliphatic heterocycles. The predicted molar refractivity (Wildman–Crippen MR) is 65.2 cm³/mol. The molecule has 1 aromatic rings. The molecule has 1 rings (SSSR count). The normalized spacial score (nSPS) is 10.4. The van der Waals surface area contributed by atoms with Gasteiger partial charge in [0, 0.05) is 18.8 Å². The first-order valence-corrected chi connectivity index (χ1v) is 4.99. The number of carboxylic acid groups (broad SMARTS) is 1. The topological polar surface area (TPSA) is 83.6 Å². The van der Waals surface area contributed by atoms with Gasteiger partial charge in [-0.2, -0.15) is 0 Å². The average Bonchev–Trinajstić information content (AvgIpc) is 2.27. The van der Waals surface area contributed by atoms with Gasteiger partial charge in [-0.05, 0) is 23.8 Å². The van der Waals surface area contributed by atoms with Crippen LogP contribution in [-0.4, -0.2) is 35.5 Å². The van der Waals surface area contributed by atoms with E-state index in [1.807, 2.05) is 0 Å². The average molecular weight is 234 g/mol. The summed E-state index contributed by atoms with van der Waals surface area (Å²) < 4.78 is 0. The Morgan fingerprint density at radius 2 is 1.94 bits per heavy atom. The van der Waals surface area contributed by atoms with E-state index in [1.165, 1.54) is 13.1 Å². The van der Waals surface area contributed by atoms with Crippen molar-refractivity contribution in [1.29, 1.82) is 0 Å². The van der Waals surface area contributed by atoms with E-state index in [1.54, 1.807) is 30.3 Å². The molecular formula is C12H14N2O3. The van der Waals surface area contributed by atoms with Crippen molar-refractivity contribution < 1.29 is 14.7 Å². The first kappa shape index (κ1) is 12.8. The van der Waals surface area contributed by atoms with E-state index in [4.69, 9.17) is 10.8 Å². The summed E-state index contributed by atoms with van der Waals surface area (Å²) in [4.78, 5) is 23.0. The fraction of sp³-hybridized carbons (Fsp3) is 0.167. The minimum absolute atomic E-state index is 0.315. The number of carbonyl (C=O) groups excluding carboxylic acids is 1. The first-order chi connectivity index (χ1) is 7.99. The molecule has 0 aromatic heterocycles. The number of benzene rings is 1. The lowest BCUT2D eigenvalue weighted by Gasteiger charge is -2.11. The summed E-state index contributed by atoms with van der Waals surface area (Å²) in [5.41, 5.74) is 7.00. The van der Waals surface area contributed by atoms with Gasteiger partial charge in [-0.3, -0.25) is 9.59 Å². The summed E-state index contributed by atoms with van der Waals surface area (Å²) in [6.45, 7) is -0.315. The van der Waals surface area contributed by atoms with Gasteiger partial charge in [-0.25, -0.2) is 0 Å². The third kappa shape index (κ3) is 4.38. The highest BCUT2D eigenvalue weighted by Gasteiger charge is 2.08. The van der Waals surface area contributed by atoms with Crippen LogP contribution in [0, 0.1) is 0 Å². The van der Waals surface area contributed by atoms with Crippen LogP contribution in [-0.2, 0) is 9.59 Å². The standard InChI is InChI=1S/C12H14N2O3/c1-14(8-12(16)17)11(15)7-4-9-2-5-10(13)6-3-9/h2-7H,8,13H2,1H3,(H,16,17)/b7-4+. The summed E-state index contributed by atoms with van der Waals surface area (Å²) in [7, 11) is 1.43. The smallest absolute Gasteiger partial charge is 0.323 e. The molecule has 0 aliphatic carbocycles. The molecule has 90 valence electrons. The molecule has 3 N–H and O–H groups in total. The number of carboxylic acids is 1. The van der Waals surface area contributed by atoms with Gasteiger partial charge in [0.15, 0.2) is 0 Å². The van der Waals surface area contributed by atoms with Gasteiger partial charge in [-0.15, -0.1) is 0 Å². The molecule has 0 saturated carbocycles. The molecule has 5 heteroatoms.